The SMILES string of the molecule is Nc1cccc2c1oc1ccncc12. The lowest BCUT2D eigenvalue weighted by atomic mass is 10.2. The second kappa shape index (κ2) is 2.48. The van der Waals surface area contributed by atoms with Crippen molar-refractivity contribution in [2.24, 2.45) is 0 Å². The largest absolute Gasteiger partial charge is 0.454 e. The number of hydrogen-bond donors (Lipinski definition) is 1. The fourth-order valence-electron chi connectivity index (χ4n) is 1.66. The summed E-state index contributed by atoms with van der Waals surface area (Å²) >= 11 is 0. The third-order valence-electron chi connectivity index (χ3n) is 2.33. The molecule has 0 unspecified atom stereocenters. The van der Waals surface area contributed by atoms with Crippen LogP contribution in [-0.2, 0) is 0 Å². The van der Waals surface area contributed by atoms with Gasteiger partial charge in [-0.3, -0.25) is 4.98 Å². The van der Waals surface area contributed by atoms with E-state index in [9.17, 15) is 0 Å². The quantitative estimate of drug-likeness (QED) is 0.546. The average molecular weight is 184 g/mol. The lowest BCUT2D eigenvalue weighted by Gasteiger charge is -1.91. The highest BCUT2D eigenvalue weighted by atomic mass is 16.3. The summed E-state index contributed by atoms with van der Waals surface area (Å²) in [6, 6.07) is 7.58. The highest BCUT2D eigenvalue weighted by Gasteiger charge is 2.07. The number of fused-ring (bicyclic) bond motifs is 3. The molecule has 3 nitrogen and oxygen atoms in total. The van der Waals surface area contributed by atoms with Crippen molar-refractivity contribution >= 4 is 27.6 Å². The minimum absolute atomic E-state index is 0.665. The molecule has 0 atom stereocenters. The molecule has 0 aliphatic carbocycles. The van der Waals surface area contributed by atoms with Gasteiger partial charge in [0.05, 0.1) is 5.69 Å². The molecule has 0 fully saturated rings. The fraction of sp³-hybridized carbons (Fsp3) is 0. The molecule has 68 valence electrons. The van der Waals surface area contributed by atoms with Gasteiger partial charge < -0.3 is 10.2 Å². The van der Waals surface area contributed by atoms with E-state index in [0.717, 1.165) is 21.9 Å². The minimum atomic E-state index is 0.665. The first kappa shape index (κ1) is 7.38. The molecule has 3 heteroatoms. The van der Waals surface area contributed by atoms with E-state index in [-0.39, 0.29) is 0 Å². The van der Waals surface area contributed by atoms with Crippen LogP contribution < -0.4 is 5.73 Å². The van der Waals surface area contributed by atoms with Crippen LogP contribution in [0.4, 0.5) is 5.69 Å². The Morgan fingerprint density at radius 3 is 3.00 bits per heavy atom. The molecular formula is C11H8N2O. The molecule has 3 rings (SSSR count). The molecule has 0 aliphatic rings. The third-order valence-corrected chi connectivity index (χ3v) is 2.33. The maximum atomic E-state index is 5.81. The molecule has 2 N–H and O–H groups in total. The standard InChI is InChI=1S/C11H8N2O/c12-9-3-1-2-7-8-6-13-5-4-10(8)14-11(7)9/h1-6H,12H2. The summed E-state index contributed by atoms with van der Waals surface area (Å²) in [7, 11) is 0. The van der Waals surface area contributed by atoms with Gasteiger partial charge in [-0.2, -0.15) is 0 Å². The minimum Gasteiger partial charge on any atom is -0.454 e. The molecule has 3 aromatic rings. The summed E-state index contributed by atoms with van der Waals surface area (Å²) in [6.07, 6.45) is 3.50. The number of nitrogen functional groups attached to an aromatic ring is 1. The molecule has 0 radical (unpaired) electrons. The second-order valence-corrected chi connectivity index (χ2v) is 3.20. The summed E-state index contributed by atoms with van der Waals surface area (Å²) in [5.41, 5.74) is 8.04. The van der Waals surface area contributed by atoms with Crippen LogP contribution in [0, 0.1) is 0 Å². The van der Waals surface area contributed by atoms with Crippen molar-refractivity contribution in [2.45, 2.75) is 0 Å². The lowest BCUT2D eigenvalue weighted by molar-refractivity contribution is 0.670. The molecule has 1 aromatic carbocycles. The molecule has 2 aromatic heterocycles. The van der Waals surface area contributed by atoms with Gasteiger partial charge in [0.2, 0.25) is 0 Å². The van der Waals surface area contributed by atoms with Crippen LogP contribution in [0.1, 0.15) is 0 Å². The first-order valence-corrected chi connectivity index (χ1v) is 4.37. The average Bonchev–Trinajstić information content (AvgIpc) is 2.59. The Labute approximate surface area is 80.1 Å². The Bertz CT molecular complexity index is 613. The van der Waals surface area contributed by atoms with E-state index in [4.69, 9.17) is 10.2 Å². The first-order valence-electron chi connectivity index (χ1n) is 4.37. The molecule has 0 saturated carbocycles. The van der Waals surface area contributed by atoms with Crippen LogP contribution in [0.5, 0.6) is 0 Å². The molecule has 0 spiro atoms. The summed E-state index contributed by atoms with van der Waals surface area (Å²) in [5.74, 6) is 0. The van der Waals surface area contributed by atoms with Crippen LogP contribution in [0.2, 0.25) is 0 Å². The van der Waals surface area contributed by atoms with Crippen molar-refractivity contribution in [3.8, 4) is 0 Å². The summed E-state index contributed by atoms with van der Waals surface area (Å²) in [6.45, 7) is 0. The summed E-state index contributed by atoms with van der Waals surface area (Å²) < 4.78 is 5.62. The van der Waals surface area contributed by atoms with Crippen molar-refractivity contribution in [1.82, 2.24) is 4.98 Å². The first-order chi connectivity index (χ1) is 6.86. The number of benzene rings is 1. The Morgan fingerprint density at radius 1 is 1.14 bits per heavy atom. The topological polar surface area (TPSA) is 52.0 Å². The number of nitrogens with two attached hydrogens (primary N) is 1. The van der Waals surface area contributed by atoms with Crippen LogP contribution in [0.15, 0.2) is 41.1 Å². The molecule has 14 heavy (non-hydrogen) atoms. The normalized spacial score (nSPS) is 11.1. The van der Waals surface area contributed by atoms with Gasteiger partial charge in [0, 0.05) is 23.2 Å². The Morgan fingerprint density at radius 2 is 2.07 bits per heavy atom. The van der Waals surface area contributed by atoms with Crippen molar-refractivity contribution in [3.05, 3.63) is 36.7 Å². The number of hydrogen-bond acceptors (Lipinski definition) is 3. The Balaban J connectivity index is 2.63. The van der Waals surface area contributed by atoms with Gasteiger partial charge in [-0.25, -0.2) is 0 Å². The molecule has 0 aliphatic heterocycles. The van der Waals surface area contributed by atoms with Crippen molar-refractivity contribution < 1.29 is 4.42 Å². The van der Waals surface area contributed by atoms with Crippen LogP contribution in [0.25, 0.3) is 21.9 Å². The monoisotopic (exact) mass is 184 g/mol. The molecule has 0 saturated heterocycles. The Hall–Kier alpha value is -2.03. The predicted molar refractivity (Wildman–Crippen MR) is 55.9 cm³/mol. The van der Waals surface area contributed by atoms with Gasteiger partial charge in [0.1, 0.15) is 5.58 Å². The highest BCUT2D eigenvalue weighted by molar-refractivity contribution is 6.07. The third kappa shape index (κ3) is 0.836. The Kier molecular flexibility index (Phi) is 1.31. The van der Waals surface area contributed by atoms with Gasteiger partial charge >= 0.3 is 0 Å². The maximum absolute atomic E-state index is 5.81. The van der Waals surface area contributed by atoms with E-state index < -0.39 is 0 Å². The number of furan rings is 1. The number of rotatable bonds is 0. The van der Waals surface area contributed by atoms with Gasteiger partial charge in [-0.05, 0) is 12.1 Å². The van der Waals surface area contributed by atoms with E-state index >= 15 is 0 Å². The molecular weight excluding hydrogens is 176 g/mol. The number of para-hydroxylation sites is 1. The van der Waals surface area contributed by atoms with E-state index in [2.05, 4.69) is 4.98 Å². The number of aromatic nitrogens is 1. The summed E-state index contributed by atoms with van der Waals surface area (Å²) in [4.78, 5) is 4.06. The van der Waals surface area contributed by atoms with E-state index in [0.29, 0.717) is 5.69 Å². The highest BCUT2D eigenvalue weighted by Crippen LogP contribution is 2.30. The van der Waals surface area contributed by atoms with Gasteiger partial charge in [0.15, 0.2) is 5.58 Å². The molecule has 0 amide bonds. The molecule has 2 heterocycles. The molecule has 0 bridgehead atoms. The maximum Gasteiger partial charge on any atom is 0.158 e. The number of anilines is 1. The number of nitrogens with zero attached hydrogens (tertiary/aromatic N) is 1. The van der Waals surface area contributed by atoms with Gasteiger partial charge in [0.25, 0.3) is 0 Å². The van der Waals surface area contributed by atoms with Gasteiger partial charge in [-0.1, -0.05) is 12.1 Å². The van der Waals surface area contributed by atoms with E-state index in [1.807, 2.05) is 24.3 Å². The summed E-state index contributed by atoms with van der Waals surface area (Å²) in [5, 5.41) is 2.03. The zero-order valence-corrected chi connectivity index (χ0v) is 7.40. The fourth-order valence-corrected chi connectivity index (χ4v) is 1.66. The second-order valence-electron chi connectivity index (χ2n) is 3.20. The van der Waals surface area contributed by atoms with E-state index in [1.54, 1.807) is 12.4 Å². The van der Waals surface area contributed by atoms with Gasteiger partial charge in [-0.15, -0.1) is 0 Å². The smallest absolute Gasteiger partial charge is 0.158 e. The zero-order valence-electron chi connectivity index (χ0n) is 7.40. The van der Waals surface area contributed by atoms with Crippen molar-refractivity contribution in [3.63, 3.8) is 0 Å². The van der Waals surface area contributed by atoms with Crippen molar-refractivity contribution in [1.29, 1.82) is 0 Å². The van der Waals surface area contributed by atoms with E-state index in [1.165, 1.54) is 0 Å². The van der Waals surface area contributed by atoms with Crippen molar-refractivity contribution in [2.75, 3.05) is 5.73 Å². The zero-order chi connectivity index (χ0) is 9.54. The van der Waals surface area contributed by atoms with Crippen LogP contribution >= 0.6 is 0 Å². The predicted octanol–water partition coefficient (Wildman–Crippen LogP) is 2.56. The van der Waals surface area contributed by atoms with Crippen LogP contribution in [-0.4, -0.2) is 4.98 Å². The number of pyridine rings is 1. The lowest BCUT2D eigenvalue weighted by Crippen LogP contribution is -1.82. The van der Waals surface area contributed by atoms with Crippen LogP contribution in [0.3, 0.4) is 0 Å².